The summed E-state index contributed by atoms with van der Waals surface area (Å²) >= 11 is 3.04. The van der Waals surface area contributed by atoms with E-state index in [1.54, 1.807) is 13.0 Å². The molecule has 0 radical (unpaired) electrons. The van der Waals surface area contributed by atoms with Crippen LogP contribution in [0.4, 0.5) is 8.78 Å². The maximum absolute atomic E-state index is 12.2. The Labute approximate surface area is 99.5 Å². The molecule has 0 amide bonds. The maximum atomic E-state index is 12.2. The summed E-state index contributed by atoms with van der Waals surface area (Å²) < 4.78 is 33.5. The van der Waals surface area contributed by atoms with E-state index < -0.39 is 12.6 Å². The second kappa shape index (κ2) is 5.25. The van der Waals surface area contributed by atoms with Crippen molar-refractivity contribution in [2.45, 2.75) is 13.5 Å². The number of aryl methyl sites for hydroxylation is 1. The molecule has 0 aliphatic heterocycles. The van der Waals surface area contributed by atoms with Crippen LogP contribution in [0.25, 0.3) is 0 Å². The van der Waals surface area contributed by atoms with Gasteiger partial charge in [0.2, 0.25) is 0 Å². The number of esters is 1. The van der Waals surface area contributed by atoms with Crippen LogP contribution in [0.3, 0.4) is 0 Å². The van der Waals surface area contributed by atoms with E-state index in [4.69, 9.17) is 0 Å². The fraction of sp³-hybridized carbons (Fsp3) is 0.300. The van der Waals surface area contributed by atoms with E-state index >= 15 is 0 Å². The van der Waals surface area contributed by atoms with Gasteiger partial charge in [-0.3, -0.25) is 0 Å². The Kier molecular flexibility index (Phi) is 4.23. The quantitative estimate of drug-likeness (QED) is 0.804. The molecule has 0 aliphatic rings. The number of hydrogen-bond donors (Lipinski definition) is 0. The van der Waals surface area contributed by atoms with Gasteiger partial charge in [0, 0.05) is 0 Å². The van der Waals surface area contributed by atoms with E-state index in [-0.39, 0.29) is 15.8 Å². The molecule has 0 spiro atoms. The van der Waals surface area contributed by atoms with Gasteiger partial charge in [0.15, 0.2) is 5.75 Å². The molecular formula is C10H9BrF2O3. The minimum Gasteiger partial charge on any atom is -0.465 e. The summed E-state index contributed by atoms with van der Waals surface area (Å²) in [4.78, 5) is 11.4. The molecule has 0 saturated carbocycles. The number of methoxy groups -OCH3 is 1. The first-order valence-corrected chi connectivity index (χ1v) is 5.09. The van der Waals surface area contributed by atoms with Crippen LogP contribution >= 0.6 is 15.9 Å². The average Bonchev–Trinajstić information content (AvgIpc) is 2.22. The van der Waals surface area contributed by atoms with Gasteiger partial charge in [-0.05, 0) is 34.5 Å². The zero-order valence-corrected chi connectivity index (χ0v) is 10.2. The minimum absolute atomic E-state index is 0.00262. The molecule has 0 N–H and O–H groups in total. The molecule has 0 atom stereocenters. The first-order valence-electron chi connectivity index (χ1n) is 4.29. The van der Waals surface area contributed by atoms with Crippen molar-refractivity contribution in [3.05, 3.63) is 27.7 Å². The molecule has 0 bridgehead atoms. The Morgan fingerprint density at radius 3 is 2.56 bits per heavy atom. The molecule has 0 saturated heterocycles. The summed E-state index contributed by atoms with van der Waals surface area (Å²) in [6, 6.07) is 3.13. The standard InChI is InChI=1S/C10H9BrF2O3/c1-5-3-4-6(11)8(16-10(12)13)7(5)9(14)15-2/h3-4,10H,1-2H3. The van der Waals surface area contributed by atoms with Crippen LogP contribution in [0, 0.1) is 6.92 Å². The summed E-state index contributed by atoms with van der Waals surface area (Å²) in [7, 11) is 1.18. The number of hydrogen-bond acceptors (Lipinski definition) is 3. The second-order valence-electron chi connectivity index (χ2n) is 2.94. The van der Waals surface area contributed by atoms with Crippen LogP contribution in [0.5, 0.6) is 5.75 Å². The Morgan fingerprint density at radius 1 is 1.44 bits per heavy atom. The Bertz CT molecular complexity index is 407. The van der Waals surface area contributed by atoms with E-state index in [1.165, 1.54) is 13.2 Å². The lowest BCUT2D eigenvalue weighted by atomic mass is 10.1. The van der Waals surface area contributed by atoms with E-state index in [9.17, 15) is 13.6 Å². The molecule has 0 heterocycles. The van der Waals surface area contributed by atoms with Gasteiger partial charge in [0.25, 0.3) is 0 Å². The van der Waals surface area contributed by atoms with Gasteiger partial charge in [-0.1, -0.05) is 6.07 Å². The number of ether oxygens (including phenoxy) is 2. The number of alkyl halides is 2. The summed E-state index contributed by atoms with van der Waals surface area (Å²) in [5.74, 6) is -0.920. The summed E-state index contributed by atoms with van der Waals surface area (Å²) in [5.41, 5.74) is 0.503. The van der Waals surface area contributed by atoms with Crippen LogP contribution in [0.2, 0.25) is 0 Å². The topological polar surface area (TPSA) is 35.5 Å². The van der Waals surface area contributed by atoms with Gasteiger partial charge < -0.3 is 9.47 Å². The van der Waals surface area contributed by atoms with Gasteiger partial charge in [-0.15, -0.1) is 0 Å². The van der Waals surface area contributed by atoms with Crippen molar-refractivity contribution < 1.29 is 23.0 Å². The number of carbonyl (C=O) groups excluding carboxylic acids is 1. The highest BCUT2D eigenvalue weighted by Gasteiger charge is 2.21. The largest absolute Gasteiger partial charge is 0.465 e. The monoisotopic (exact) mass is 294 g/mol. The van der Waals surface area contributed by atoms with E-state index in [0.717, 1.165) is 0 Å². The van der Waals surface area contributed by atoms with Crippen molar-refractivity contribution in [1.29, 1.82) is 0 Å². The fourth-order valence-electron chi connectivity index (χ4n) is 1.22. The summed E-state index contributed by atoms with van der Waals surface area (Å²) in [5, 5.41) is 0. The minimum atomic E-state index is -3.00. The molecule has 0 fully saturated rings. The lowest BCUT2D eigenvalue weighted by Gasteiger charge is -2.13. The van der Waals surface area contributed by atoms with E-state index in [2.05, 4.69) is 25.4 Å². The Hall–Kier alpha value is -1.17. The third-order valence-electron chi connectivity index (χ3n) is 1.91. The number of benzene rings is 1. The predicted molar refractivity (Wildman–Crippen MR) is 56.9 cm³/mol. The third-order valence-corrected chi connectivity index (χ3v) is 2.54. The van der Waals surface area contributed by atoms with Crippen molar-refractivity contribution >= 4 is 21.9 Å². The third kappa shape index (κ3) is 2.69. The number of halogens is 3. The van der Waals surface area contributed by atoms with Crippen LogP contribution < -0.4 is 4.74 Å². The highest BCUT2D eigenvalue weighted by Crippen LogP contribution is 2.33. The van der Waals surface area contributed by atoms with Crippen molar-refractivity contribution in [2.75, 3.05) is 7.11 Å². The number of carbonyl (C=O) groups is 1. The normalized spacial score (nSPS) is 10.4. The average molecular weight is 295 g/mol. The molecule has 0 unspecified atom stereocenters. The fourth-order valence-corrected chi connectivity index (χ4v) is 1.64. The second-order valence-corrected chi connectivity index (χ2v) is 3.79. The van der Waals surface area contributed by atoms with E-state index in [1.807, 2.05) is 0 Å². The van der Waals surface area contributed by atoms with E-state index in [0.29, 0.717) is 5.56 Å². The number of rotatable bonds is 3. The smallest absolute Gasteiger partial charge is 0.387 e. The van der Waals surface area contributed by atoms with Crippen LogP contribution in [-0.4, -0.2) is 19.7 Å². The first kappa shape index (κ1) is 12.9. The summed E-state index contributed by atoms with van der Waals surface area (Å²) in [6.45, 7) is -1.39. The van der Waals surface area contributed by atoms with Gasteiger partial charge in [0.1, 0.15) is 5.56 Å². The predicted octanol–water partition coefficient (Wildman–Crippen LogP) is 3.15. The Balaban J connectivity index is 3.31. The molecule has 1 aromatic rings. The SMILES string of the molecule is COC(=O)c1c(C)ccc(Br)c1OC(F)F. The van der Waals surface area contributed by atoms with Crippen molar-refractivity contribution in [1.82, 2.24) is 0 Å². The molecule has 88 valence electrons. The highest BCUT2D eigenvalue weighted by atomic mass is 79.9. The van der Waals surface area contributed by atoms with Crippen LogP contribution in [0.1, 0.15) is 15.9 Å². The molecule has 1 rings (SSSR count). The molecule has 16 heavy (non-hydrogen) atoms. The van der Waals surface area contributed by atoms with Gasteiger partial charge in [-0.2, -0.15) is 8.78 Å². The molecular weight excluding hydrogens is 286 g/mol. The van der Waals surface area contributed by atoms with Crippen molar-refractivity contribution in [3.63, 3.8) is 0 Å². The lowest BCUT2D eigenvalue weighted by Crippen LogP contribution is -2.11. The first-order chi connectivity index (χ1) is 7.47. The lowest BCUT2D eigenvalue weighted by molar-refractivity contribution is -0.0509. The molecule has 0 aromatic heterocycles. The molecule has 3 nitrogen and oxygen atoms in total. The van der Waals surface area contributed by atoms with Gasteiger partial charge in [-0.25, -0.2) is 4.79 Å². The molecule has 6 heteroatoms. The van der Waals surface area contributed by atoms with Crippen molar-refractivity contribution in [2.24, 2.45) is 0 Å². The zero-order chi connectivity index (χ0) is 12.3. The molecule has 1 aromatic carbocycles. The van der Waals surface area contributed by atoms with Gasteiger partial charge >= 0.3 is 12.6 Å². The van der Waals surface area contributed by atoms with Crippen LogP contribution in [-0.2, 0) is 4.74 Å². The maximum Gasteiger partial charge on any atom is 0.387 e. The van der Waals surface area contributed by atoms with Crippen LogP contribution in [0.15, 0.2) is 16.6 Å². The molecule has 0 aliphatic carbocycles. The zero-order valence-electron chi connectivity index (χ0n) is 8.59. The van der Waals surface area contributed by atoms with Crippen molar-refractivity contribution in [3.8, 4) is 5.75 Å². The highest BCUT2D eigenvalue weighted by molar-refractivity contribution is 9.10. The van der Waals surface area contributed by atoms with Gasteiger partial charge in [0.05, 0.1) is 11.6 Å². The Morgan fingerprint density at radius 2 is 2.06 bits per heavy atom. The summed E-state index contributed by atoms with van der Waals surface area (Å²) in [6.07, 6.45) is 0.